The second-order valence-electron chi connectivity index (χ2n) is 5.42. The number of amides is 2. The van der Waals surface area contributed by atoms with Crippen LogP contribution in [0, 0.1) is 10.1 Å². The molecule has 3 rings (SSSR count). The SMILES string of the molecule is CN1CCN(c2ccc(S(=O)Oc3cccc([N+](=O)[O-])c3)cc2)C1=O. The number of carbonyl (C=O) groups excluding carboxylic acids is 1. The van der Waals surface area contributed by atoms with Crippen LogP contribution in [0.15, 0.2) is 53.4 Å². The van der Waals surface area contributed by atoms with Gasteiger partial charge in [-0.25, -0.2) is 9.00 Å². The summed E-state index contributed by atoms with van der Waals surface area (Å²) in [5, 5.41) is 10.8. The molecule has 1 heterocycles. The molecular formula is C16H15N3O5S. The van der Waals surface area contributed by atoms with E-state index in [4.69, 9.17) is 4.18 Å². The highest BCUT2D eigenvalue weighted by atomic mass is 32.2. The Labute approximate surface area is 146 Å². The highest BCUT2D eigenvalue weighted by molar-refractivity contribution is 7.80. The minimum absolute atomic E-state index is 0.0817. The van der Waals surface area contributed by atoms with Gasteiger partial charge in [-0.2, -0.15) is 0 Å². The number of non-ortho nitro benzene ring substituents is 1. The Morgan fingerprint density at radius 2 is 1.88 bits per heavy atom. The Kier molecular flexibility index (Phi) is 4.66. The van der Waals surface area contributed by atoms with Crippen molar-refractivity contribution in [1.82, 2.24) is 4.90 Å². The molecule has 25 heavy (non-hydrogen) atoms. The number of rotatable bonds is 5. The Balaban J connectivity index is 1.72. The summed E-state index contributed by atoms with van der Waals surface area (Å²) in [5.74, 6) is 0.146. The molecule has 130 valence electrons. The standard InChI is InChI=1S/C16H15N3O5S/c1-17-9-10-18(16(17)20)12-5-7-15(8-6-12)25(23)24-14-4-2-3-13(11-14)19(21)22/h2-8,11H,9-10H2,1H3. The van der Waals surface area contributed by atoms with Crippen LogP contribution < -0.4 is 9.08 Å². The Bertz CT molecular complexity index is 840. The van der Waals surface area contributed by atoms with Crippen LogP contribution in [0.4, 0.5) is 16.2 Å². The molecule has 2 amide bonds. The van der Waals surface area contributed by atoms with Crippen LogP contribution in [0.3, 0.4) is 0 Å². The summed E-state index contributed by atoms with van der Waals surface area (Å²) in [6, 6.07) is 12.0. The van der Waals surface area contributed by atoms with Gasteiger partial charge in [0.25, 0.3) is 5.69 Å². The molecule has 0 spiro atoms. The van der Waals surface area contributed by atoms with Crippen molar-refractivity contribution in [2.75, 3.05) is 25.0 Å². The lowest BCUT2D eigenvalue weighted by molar-refractivity contribution is -0.384. The highest BCUT2D eigenvalue weighted by Crippen LogP contribution is 2.24. The van der Waals surface area contributed by atoms with Crippen molar-refractivity contribution in [1.29, 1.82) is 0 Å². The van der Waals surface area contributed by atoms with Gasteiger partial charge >= 0.3 is 6.03 Å². The maximum absolute atomic E-state index is 12.3. The summed E-state index contributed by atoms with van der Waals surface area (Å²) < 4.78 is 17.5. The van der Waals surface area contributed by atoms with E-state index in [-0.39, 0.29) is 17.5 Å². The lowest BCUT2D eigenvalue weighted by Gasteiger charge is -2.16. The molecular weight excluding hydrogens is 346 g/mol. The molecule has 0 radical (unpaired) electrons. The zero-order valence-corrected chi connectivity index (χ0v) is 14.1. The Morgan fingerprint density at radius 3 is 2.48 bits per heavy atom. The van der Waals surface area contributed by atoms with Crippen molar-refractivity contribution >= 4 is 28.5 Å². The first-order valence-electron chi connectivity index (χ1n) is 7.43. The first-order valence-corrected chi connectivity index (χ1v) is 8.50. The van der Waals surface area contributed by atoms with Crippen LogP contribution in [0.5, 0.6) is 5.75 Å². The van der Waals surface area contributed by atoms with Crippen LogP contribution >= 0.6 is 0 Å². The van der Waals surface area contributed by atoms with Crippen LogP contribution in [-0.4, -0.2) is 40.2 Å². The lowest BCUT2D eigenvalue weighted by Crippen LogP contribution is -2.29. The van der Waals surface area contributed by atoms with Gasteiger partial charge in [0.1, 0.15) is 5.75 Å². The third-order valence-corrected chi connectivity index (χ3v) is 4.76. The van der Waals surface area contributed by atoms with E-state index >= 15 is 0 Å². The minimum Gasteiger partial charge on any atom is -0.397 e. The zero-order chi connectivity index (χ0) is 18.0. The maximum atomic E-state index is 12.3. The van der Waals surface area contributed by atoms with Crippen molar-refractivity contribution < 1.29 is 18.1 Å². The van der Waals surface area contributed by atoms with E-state index in [1.54, 1.807) is 41.1 Å². The third kappa shape index (κ3) is 3.61. The number of urea groups is 1. The Morgan fingerprint density at radius 1 is 1.16 bits per heavy atom. The summed E-state index contributed by atoms with van der Waals surface area (Å²) >= 11 is -1.82. The van der Waals surface area contributed by atoms with Gasteiger partial charge in [-0.3, -0.25) is 15.0 Å². The van der Waals surface area contributed by atoms with E-state index in [0.29, 0.717) is 23.7 Å². The van der Waals surface area contributed by atoms with E-state index in [1.807, 2.05) is 0 Å². The molecule has 0 saturated carbocycles. The van der Waals surface area contributed by atoms with Gasteiger partial charge in [0.15, 0.2) is 0 Å². The normalized spacial score (nSPS) is 15.3. The van der Waals surface area contributed by atoms with E-state index in [9.17, 15) is 19.1 Å². The number of carbonyl (C=O) groups is 1. The van der Waals surface area contributed by atoms with E-state index in [0.717, 1.165) is 0 Å². The van der Waals surface area contributed by atoms with E-state index < -0.39 is 16.0 Å². The van der Waals surface area contributed by atoms with Gasteiger partial charge < -0.3 is 9.08 Å². The number of hydrogen-bond acceptors (Lipinski definition) is 5. The Hall–Kier alpha value is -2.94. The monoisotopic (exact) mass is 361 g/mol. The van der Waals surface area contributed by atoms with Crippen LogP contribution in [0.1, 0.15) is 0 Å². The van der Waals surface area contributed by atoms with Crippen molar-refractivity contribution in [3.8, 4) is 5.75 Å². The van der Waals surface area contributed by atoms with Gasteiger partial charge in [0, 0.05) is 31.9 Å². The molecule has 9 heteroatoms. The first-order chi connectivity index (χ1) is 12.0. The molecule has 1 saturated heterocycles. The van der Waals surface area contributed by atoms with Crippen molar-refractivity contribution in [2.45, 2.75) is 4.90 Å². The summed E-state index contributed by atoms with van der Waals surface area (Å²) in [5.41, 5.74) is 0.576. The third-order valence-electron chi connectivity index (χ3n) is 3.76. The fraction of sp³-hybridized carbons (Fsp3) is 0.188. The summed E-state index contributed by atoms with van der Waals surface area (Å²) in [6.45, 7) is 1.25. The van der Waals surface area contributed by atoms with Crippen molar-refractivity contribution in [3.05, 3.63) is 58.6 Å². The number of nitro groups is 1. The molecule has 8 nitrogen and oxygen atoms in total. The molecule has 0 N–H and O–H groups in total. The summed E-state index contributed by atoms with van der Waals surface area (Å²) in [4.78, 5) is 25.8. The molecule has 1 atom stereocenters. The molecule has 0 bridgehead atoms. The van der Waals surface area contributed by atoms with E-state index in [1.165, 1.54) is 24.3 Å². The van der Waals surface area contributed by atoms with Gasteiger partial charge in [-0.05, 0) is 30.3 Å². The number of benzene rings is 2. The predicted molar refractivity (Wildman–Crippen MR) is 91.9 cm³/mol. The van der Waals surface area contributed by atoms with Crippen LogP contribution in [-0.2, 0) is 11.1 Å². The molecule has 2 aromatic rings. The van der Waals surface area contributed by atoms with Crippen LogP contribution in [0.25, 0.3) is 0 Å². The number of nitro benzene ring substituents is 1. The molecule has 0 aromatic heterocycles. The number of likely N-dealkylation sites (N-methyl/N-ethyl adjacent to an activating group) is 1. The zero-order valence-electron chi connectivity index (χ0n) is 13.3. The summed E-state index contributed by atoms with van der Waals surface area (Å²) in [7, 11) is 1.73. The fourth-order valence-corrected chi connectivity index (χ4v) is 3.14. The molecule has 1 fully saturated rings. The smallest absolute Gasteiger partial charge is 0.324 e. The molecule has 1 unspecified atom stereocenters. The number of anilines is 1. The maximum Gasteiger partial charge on any atom is 0.324 e. The predicted octanol–water partition coefficient (Wildman–Crippen LogP) is 2.57. The van der Waals surface area contributed by atoms with Crippen molar-refractivity contribution in [3.63, 3.8) is 0 Å². The second-order valence-corrected chi connectivity index (χ2v) is 6.53. The average molecular weight is 361 g/mol. The highest BCUT2D eigenvalue weighted by Gasteiger charge is 2.26. The fourth-order valence-electron chi connectivity index (χ4n) is 2.41. The van der Waals surface area contributed by atoms with E-state index in [2.05, 4.69) is 0 Å². The first kappa shape index (κ1) is 16.9. The van der Waals surface area contributed by atoms with Crippen molar-refractivity contribution in [2.24, 2.45) is 0 Å². The van der Waals surface area contributed by atoms with Gasteiger partial charge in [-0.1, -0.05) is 6.07 Å². The van der Waals surface area contributed by atoms with Crippen LogP contribution in [0.2, 0.25) is 0 Å². The molecule has 1 aliphatic rings. The van der Waals surface area contributed by atoms with Gasteiger partial charge in [-0.15, -0.1) is 0 Å². The lowest BCUT2D eigenvalue weighted by atomic mass is 10.3. The largest absolute Gasteiger partial charge is 0.397 e. The number of hydrogen-bond donors (Lipinski definition) is 0. The average Bonchev–Trinajstić information content (AvgIpc) is 2.94. The molecule has 2 aromatic carbocycles. The summed E-state index contributed by atoms with van der Waals surface area (Å²) in [6.07, 6.45) is 0. The minimum atomic E-state index is -1.82. The van der Waals surface area contributed by atoms with Gasteiger partial charge in [0.05, 0.1) is 15.9 Å². The van der Waals surface area contributed by atoms with Gasteiger partial charge in [0.2, 0.25) is 11.1 Å². The molecule has 1 aliphatic heterocycles. The number of nitrogens with zero attached hydrogens (tertiary/aromatic N) is 3. The quantitative estimate of drug-likeness (QED) is 0.603. The topological polar surface area (TPSA) is 93.0 Å². The second kappa shape index (κ2) is 6.89. The molecule has 0 aliphatic carbocycles.